The summed E-state index contributed by atoms with van der Waals surface area (Å²) in [4.78, 5) is 17.0. The van der Waals surface area contributed by atoms with E-state index in [4.69, 9.17) is 4.42 Å². The molecule has 1 aromatic heterocycles. The van der Waals surface area contributed by atoms with Crippen LogP contribution in [-0.2, 0) is 14.8 Å². The van der Waals surface area contributed by atoms with Gasteiger partial charge in [0.25, 0.3) is 5.22 Å². The van der Waals surface area contributed by atoms with Gasteiger partial charge in [-0.3, -0.25) is 4.79 Å². The smallest absolute Gasteiger partial charge is 0.256 e. The first-order valence-corrected chi connectivity index (χ1v) is 12.9. The predicted octanol–water partition coefficient (Wildman–Crippen LogP) is 4.77. The first kappa shape index (κ1) is 23.5. The lowest BCUT2D eigenvalue weighted by molar-refractivity contribution is -0.115. The quantitative estimate of drug-likeness (QED) is 0.481. The number of aromatic nitrogens is 1. The molecule has 1 aliphatic heterocycles. The van der Waals surface area contributed by atoms with Crippen LogP contribution in [0.2, 0.25) is 0 Å². The number of thioether (sulfide) groups is 1. The van der Waals surface area contributed by atoms with Crippen molar-refractivity contribution in [3.8, 4) is 11.3 Å². The highest BCUT2D eigenvalue weighted by Gasteiger charge is 2.26. The van der Waals surface area contributed by atoms with Crippen LogP contribution >= 0.6 is 11.8 Å². The topological polar surface area (TPSA) is 92.5 Å². The average Bonchev–Trinajstić information content (AvgIpc) is 3.29. The van der Waals surface area contributed by atoms with Gasteiger partial charge in [-0.15, -0.1) is 0 Å². The molecule has 33 heavy (non-hydrogen) atoms. The van der Waals surface area contributed by atoms with E-state index < -0.39 is 15.3 Å². The number of piperidine rings is 1. The van der Waals surface area contributed by atoms with Crippen molar-refractivity contribution in [2.45, 2.75) is 41.6 Å². The third-order valence-corrected chi connectivity index (χ3v) is 8.21. The average molecular weight is 490 g/mol. The van der Waals surface area contributed by atoms with Gasteiger partial charge in [0.2, 0.25) is 15.9 Å². The van der Waals surface area contributed by atoms with Gasteiger partial charge in [0, 0.05) is 24.3 Å². The third-order valence-electron chi connectivity index (χ3n) is 5.33. The SMILES string of the molecule is CC(Sc1ncc(-c2ccc(F)cc2)o1)C(=O)Nc1ccc(S(=O)(=O)N2CCCCC2)cc1. The molecule has 2 aromatic carbocycles. The fourth-order valence-electron chi connectivity index (χ4n) is 3.47. The molecule has 0 spiro atoms. The highest BCUT2D eigenvalue weighted by atomic mass is 32.2. The van der Waals surface area contributed by atoms with Crippen LogP contribution in [0.3, 0.4) is 0 Å². The zero-order chi connectivity index (χ0) is 23.4. The van der Waals surface area contributed by atoms with Crippen molar-refractivity contribution in [3.63, 3.8) is 0 Å². The maximum Gasteiger partial charge on any atom is 0.256 e. The van der Waals surface area contributed by atoms with Gasteiger partial charge in [0.05, 0.1) is 16.3 Å². The van der Waals surface area contributed by atoms with Gasteiger partial charge < -0.3 is 9.73 Å². The van der Waals surface area contributed by atoms with Crippen LogP contribution in [0.1, 0.15) is 26.2 Å². The maximum absolute atomic E-state index is 13.1. The molecule has 1 fully saturated rings. The van der Waals surface area contributed by atoms with Crippen molar-refractivity contribution in [1.82, 2.24) is 9.29 Å². The van der Waals surface area contributed by atoms with E-state index in [0.717, 1.165) is 31.0 Å². The molecule has 0 bridgehead atoms. The first-order chi connectivity index (χ1) is 15.8. The van der Waals surface area contributed by atoms with E-state index in [-0.39, 0.29) is 16.6 Å². The summed E-state index contributed by atoms with van der Waals surface area (Å²) in [6, 6.07) is 12.1. The second kappa shape index (κ2) is 10.1. The monoisotopic (exact) mass is 489 g/mol. The molecule has 2 heterocycles. The summed E-state index contributed by atoms with van der Waals surface area (Å²) in [7, 11) is -3.51. The minimum Gasteiger partial charge on any atom is -0.431 e. The fourth-order valence-corrected chi connectivity index (χ4v) is 5.71. The molecule has 0 saturated carbocycles. The van der Waals surface area contributed by atoms with Crippen LogP contribution < -0.4 is 5.32 Å². The van der Waals surface area contributed by atoms with Crippen molar-refractivity contribution in [3.05, 3.63) is 60.5 Å². The molecule has 0 aliphatic carbocycles. The summed E-state index contributed by atoms with van der Waals surface area (Å²) in [5, 5.41) is 2.59. The lowest BCUT2D eigenvalue weighted by Crippen LogP contribution is -2.35. The van der Waals surface area contributed by atoms with Gasteiger partial charge in [-0.1, -0.05) is 18.2 Å². The molecule has 1 unspecified atom stereocenters. The predicted molar refractivity (Wildman–Crippen MR) is 125 cm³/mol. The van der Waals surface area contributed by atoms with Gasteiger partial charge >= 0.3 is 0 Å². The summed E-state index contributed by atoms with van der Waals surface area (Å²) >= 11 is 1.15. The number of benzene rings is 2. The lowest BCUT2D eigenvalue weighted by atomic mass is 10.2. The Balaban J connectivity index is 1.35. The number of oxazole rings is 1. The molecule has 174 valence electrons. The number of sulfonamides is 1. The standard InChI is InChI=1S/C23H24FN3O4S2/c1-16(32-23-25-15-21(31-23)17-5-7-18(24)8-6-17)22(28)26-19-9-11-20(12-10-19)33(29,30)27-13-3-2-4-14-27/h5-12,15-16H,2-4,13-14H2,1H3,(H,26,28). The molecule has 7 nitrogen and oxygen atoms in total. The first-order valence-electron chi connectivity index (χ1n) is 10.6. The number of carbonyl (C=O) groups excluding carboxylic acids is 1. The van der Waals surface area contributed by atoms with E-state index in [1.165, 1.54) is 34.8 Å². The second-order valence-corrected chi connectivity index (χ2v) is 11.0. The summed E-state index contributed by atoms with van der Waals surface area (Å²) in [6.45, 7) is 2.80. The van der Waals surface area contributed by atoms with Crippen LogP contribution in [0, 0.1) is 5.82 Å². The normalized spacial score (nSPS) is 15.8. The lowest BCUT2D eigenvalue weighted by Gasteiger charge is -2.25. The highest BCUT2D eigenvalue weighted by molar-refractivity contribution is 8.00. The Morgan fingerprint density at radius 1 is 1.09 bits per heavy atom. The minimum atomic E-state index is -3.51. The Bertz CT molecular complexity index is 1210. The van der Waals surface area contributed by atoms with Gasteiger partial charge in [0.1, 0.15) is 5.82 Å². The molecule has 1 aliphatic rings. The van der Waals surface area contributed by atoms with Gasteiger partial charge in [0.15, 0.2) is 5.76 Å². The van der Waals surface area contributed by atoms with E-state index >= 15 is 0 Å². The minimum absolute atomic E-state index is 0.220. The summed E-state index contributed by atoms with van der Waals surface area (Å²) in [5.41, 5.74) is 1.19. The Labute approximate surface area is 196 Å². The largest absolute Gasteiger partial charge is 0.431 e. The molecular weight excluding hydrogens is 465 g/mol. The molecule has 1 N–H and O–H groups in total. The van der Waals surface area contributed by atoms with Crippen LogP contribution in [0.5, 0.6) is 0 Å². The number of nitrogens with zero attached hydrogens (tertiary/aromatic N) is 2. The van der Waals surface area contributed by atoms with Crippen molar-refractivity contribution in [2.24, 2.45) is 0 Å². The van der Waals surface area contributed by atoms with E-state index in [9.17, 15) is 17.6 Å². The number of carbonyl (C=O) groups is 1. The summed E-state index contributed by atoms with van der Waals surface area (Å²) < 4.78 is 45.8. The number of halogens is 1. The molecule has 4 rings (SSSR count). The Hall–Kier alpha value is -2.69. The van der Waals surface area contributed by atoms with Gasteiger partial charge in [-0.05, 0) is 68.3 Å². The third kappa shape index (κ3) is 5.63. The van der Waals surface area contributed by atoms with E-state index in [1.54, 1.807) is 31.2 Å². The van der Waals surface area contributed by atoms with Crippen LogP contribution in [0.25, 0.3) is 11.3 Å². The highest BCUT2D eigenvalue weighted by Crippen LogP contribution is 2.29. The number of anilines is 1. The van der Waals surface area contributed by atoms with E-state index in [0.29, 0.717) is 35.3 Å². The molecule has 1 amide bonds. The van der Waals surface area contributed by atoms with Crippen LogP contribution in [0.15, 0.2) is 69.3 Å². The van der Waals surface area contributed by atoms with Crippen molar-refractivity contribution in [2.75, 3.05) is 18.4 Å². The molecule has 1 saturated heterocycles. The number of amides is 1. The van der Waals surface area contributed by atoms with E-state index in [2.05, 4.69) is 10.3 Å². The number of hydrogen-bond donors (Lipinski definition) is 1. The van der Waals surface area contributed by atoms with Gasteiger partial charge in [-0.25, -0.2) is 17.8 Å². The zero-order valence-corrected chi connectivity index (χ0v) is 19.7. The van der Waals surface area contributed by atoms with E-state index in [1.807, 2.05) is 0 Å². The van der Waals surface area contributed by atoms with Crippen LogP contribution in [-0.4, -0.2) is 42.0 Å². The second-order valence-electron chi connectivity index (χ2n) is 7.74. The van der Waals surface area contributed by atoms with Crippen molar-refractivity contribution >= 4 is 33.4 Å². The molecular formula is C23H24FN3O4S2. The number of nitrogens with one attached hydrogen (secondary N) is 1. The zero-order valence-electron chi connectivity index (χ0n) is 18.0. The van der Waals surface area contributed by atoms with Crippen molar-refractivity contribution in [1.29, 1.82) is 0 Å². The molecule has 3 aromatic rings. The maximum atomic E-state index is 13.1. The Morgan fingerprint density at radius 2 is 1.76 bits per heavy atom. The number of hydrogen-bond acceptors (Lipinski definition) is 6. The molecule has 1 atom stereocenters. The fraction of sp³-hybridized carbons (Fsp3) is 0.304. The van der Waals surface area contributed by atoms with Crippen LogP contribution in [0.4, 0.5) is 10.1 Å². The van der Waals surface area contributed by atoms with Gasteiger partial charge in [-0.2, -0.15) is 4.31 Å². The Kier molecular flexibility index (Phi) is 7.16. The summed E-state index contributed by atoms with van der Waals surface area (Å²) in [6.07, 6.45) is 4.33. The Morgan fingerprint density at radius 3 is 2.42 bits per heavy atom. The molecule has 0 radical (unpaired) electrons. The summed E-state index contributed by atoms with van der Waals surface area (Å²) in [5.74, 6) is -0.126. The molecule has 10 heteroatoms. The number of rotatable bonds is 7. The van der Waals surface area contributed by atoms with Crippen molar-refractivity contribution < 1.29 is 22.0 Å².